The lowest BCUT2D eigenvalue weighted by molar-refractivity contribution is 1.23. The van der Waals surface area contributed by atoms with Crippen LogP contribution in [0, 0.1) is 0 Å². The zero-order valence-electron chi connectivity index (χ0n) is 10.8. The molecule has 0 aliphatic rings. The summed E-state index contributed by atoms with van der Waals surface area (Å²) < 4.78 is 0. The minimum Gasteiger partial charge on any atom is -0.236 e. The second-order valence-corrected chi connectivity index (χ2v) is 4.82. The molecule has 0 saturated carbocycles. The highest BCUT2D eigenvalue weighted by molar-refractivity contribution is 5.96. The zero-order valence-corrected chi connectivity index (χ0v) is 10.8. The van der Waals surface area contributed by atoms with E-state index in [0.717, 1.165) is 22.3 Å². The van der Waals surface area contributed by atoms with Gasteiger partial charge in [-0.25, -0.2) is 9.97 Å². The molecule has 0 saturated heterocycles. The smallest absolute Gasteiger partial charge is 0.159 e. The molecule has 20 heavy (non-hydrogen) atoms. The van der Waals surface area contributed by atoms with Gasteiger partial charge in [0.05, 0.1) is 5.52 Å². The first kappa shape index (κ1) is 11.1. The Bertz CT molecular complexity index is 899. The van der Waals surface area contributed by atoms with Crippen LogP contribution in [0.1, 0.15) is 0 Å². The van der Waals surface area contributed by atoms with Crippen molar-refractivity contribution in [1.29, 1.82) is 0 Å². The topological polar surface area (TPSA) is 25.8 Å². The third-order valence-electron chi connectivity index (χ3n) is 3.48. The van der Waals surface area contributed by atoms with Gasteiger partial charge in [-0.15, -0.1) is 0 Å². The fourth-order valence-corrected chi connectivity index (χ4v) is 2.45. The van der Waals surface area contributed by atoms with Gasteiger partial charge in [0.25, 0.3) is 0 Å². The summed E-state index contributed by atoms with van der Waals surface area (Å²) in [5, 5.41) is 3.50. The summed E-state index contributed by atoms with van der Waals surface area (Å²) in [7, 11) is 0. The van der Waals surface area contributed by atoms with E-state index in [-0.39, 0.29) is 0 Å². The van der Waals surface area contributed by atoms with Gasteiger partial charge in [-0.2, -0.15) is 0 Å². The zero-order chi connectivity index (χ0) is 13.4. The molecule has 0 fully saturated rings. The maximum atomic E-state index is 4.68. The molecule has 0 N–H and O–H groups in total. The molecule has 2 nitrogen and oxygen atoms in total. The highest BCUT2D eigenvalue weighted by Crippen LogP contribution is 2.23. The van der Waals surface area contributed by atoms with Gasteiger partial charge in [0, 0.05) is 17.1 Å². The summed E-state index contributed by atoms with van der Waals surface area (Å²) in [5.41, 5.74) is 2.03. The maximum Gasteiger partial charge on any atom is 0.159 e. The maximum absolute atomic E-state index is 4.68. The normalized spacial score (nSPS) is 11.0. The lowest BCUT2D eigenvalue weighted by atomic mass is 10.1. The van der Waals surface area contributed by atoms with Gasteiger partial charge in [-0.05, 0) is 22.9 Å². The molecule has 0 aliphatic carbocycles. The van der Waals surface area contributed by atoms with Crippen LogP contribution in [-0.4, -0.2) is 9.97 Å². The Kier molecular flexibility index (Phi) is 2.46. The van der Waals surface area contributed by atoms with Crippen LogP contribution >= 0.6 is 0 Å². The molecule has 1 aromatic heterocycles. The van der Waals surface area contributed by atoms with E-state index >= 15 is 0 Å². The van der Waals surface area contributed by atoms with E-state index < -0.39 is 0 Å². The Balaban J connectivity index is 1.97. The molecule has 94 valence electrons. The van der Waals surface area contributed by atoms with E-state index in [4.69, 9.17) is 0 Å². The Morgan fingerprint density at radius 3 is 2.15 bits per heavy atom. The van der Waals surface area contributed by atoms with Crippen molar-refractivity contribution in [2.45, 2.75) is 0 Å². The summed E-state index contributed by atoms with van der Waals surface area (Å²) in [5.74, 6) is 0.772. The van der Waals surface area contributed by atoms with Crippen molar-refractivity contribution in [1.82, 2.24) is 9.97 Å². The van der Waals surface area contributed by atoms with Crippen LogP contribution in [0.15, 0.2) is 72.9 Å². The number of rotatable bonds is 1. The van der Waals surface area contributed by atoms with Crippen molar-refractivity contribution in [3.8, 4) is 11.4 Å². The SMILES string of the molecule is c1ccc(-c2ncc3cc4ccccc4cc3n2)cc1. The Morgan fingerprint density at radius 1 is 0.650 bits per heavy atom. The molecule has 3 aromatic carbocycles. The molecule has 0 unspecified atom stereocenters. The fourth-order valence-electron chi connectivity index (χ4n) is 2.45. The molecule has 2 heteroatoms. The monoisotopic (exact) mass is 256 g/mol. The van der Waals surface area contributed by atoms with Crippen LogP contribution in [0.3, 0.4) is 0 Å². The van der Waals surface area contributed by atoms with Crippen molar-refractivity contribution in [3.05, 3.63) is 72.9 Å². The summed E-state index contributed by atoms with van der Waals surface area (Å²) in [4.78, 5) is 9.16. The van der Waals surface area contributed by atoms with Crippen molar-refractivity contribution in [2.75, 3.05) is 0 Å². The molecule has 0 spiro atoms. The molecule has 4 aromatic rings. The highest BCUT2D eigenvalue weighted by Gasteiger charge is 2.03. The van der Waals surface area contributed by atoms with Gasteiger partial charge in [0.1, 0.15) is 0 Å². The highest BCUT2D eigenvalue weighted by atomic mass is 14.9. The van der Waals surface area contributed by atoms with Crippen LogP contribution in [-0.2, 0) is 0 Å². The number of nitrogens with zero attached hydrogens (tertiary/aromatic N) is 2. The van der Waals surface area contributed by atoms with Gasteiger partial charge >= 0.3 is 0 Å². The Labute approximate surface area is 116 Å². The first-order valence-electron chi connectivity index (χ1n) is 6.61. The van der Waals surface area contributed by atoms with Gasteiger partial charge in [-0.1, -0.05) is 54.6 Å². The quantitative estimate of drug-likeness (QED) is 0.470. The van der Waals surface area contributed by atoms with Gasteiger partial charge in [0.2, 0.25) is 0 Å². The van der Waals surface area contributed by atoms with Crippen molar-refractivity contribution in [3.63, 3.8) is 0 Å². The molecule has 4 rings (SSSR count). The van der Waals surface area contributed by atoms with E-state index in [1.807, 2.05) is 48.7 Å². The number of fused-ring (bicyclic) bond motifs is 2. The van der Waals surface area contributed by atoms with Crippen LogP contribution in [0.25, 0.3) is 33.1 Å². The summed E-state index contributed by atoms with van der Waals surface area (Å²) in [6.45, 7) is 0. The second-order valence-electron chi connectivity index (χ2n) is 4.82. The van der Waals surface area contributed by atoms with Gasteiger partial charge in [0.15, 0.2) is 5.82 Å². The largest absolute Gasteiger partial charge is 0.236 e. The summed E-state index contributed by atoms with van der Waals surface area (Å²) >= 11 is 0. The predicted molar refractivity (Wildman–Crippen MR) is 82.5 cm³/mol. The Morgan fingerprint density at radius 2 is 1.35 bits per heavy atom. The minimum atomic E-state index is 0.772. The number of hydrogen-bond donors (Lipinski definition) is 0. The van der Waals surface area contributed by atoms with Crippen molar-refractivity contribution >= 4 is 21.7 Å². The Hall–Kier alpha value is -2.74. The fraction of sp³-hybridized carbons (Fsp3) is 0. The first-order chi connectivity index (χ1) is 9.90. The van der Waals surface area contributed by atoms with E-state index in [1.54, 1.807) is 0 Å². The van der Waals surface area contributed by atoms with Crippen molar-refractivity contribution in [2.24, 2.45) is 0 Å². The van der Waals surface area contributed by atoms with E-state index in [0.29, 0.717) is 0 Å². The van der Waals surface area contributed by atoms with Crippen molar-refractivity contribution < 1.29 is 0 Å². The molecular formula is C18H12N2. The van der Waals surface area contributed by atoms with Gasteiger partial charge in [-0.3, -0.25) is 0 Å². The third-order valence-corrected chi connectivity index (χ3v) is 3.48. The predicted octanol–water partition coefficient (Wildman–Crippen LogP) is 4.45. The van der Waals surface area contributed by atoms with Crippen LogP contribution in [0.5, 0.6) is 0 Å². The van der Waals surface area contributed by atoms with Gasteiger partial charge < -0.3 is 0 Å². The minimum absolute atomic E-state index is 0.772. The lowest BCUT2D eigenvalue weighted by Crippen LogP contribution is -1.89. The summed E-state index contributed by atoms with van der Waals surface area (Å²) in [6.07, 6.45) is 1.90. The number of hydrogen-bond acceptors (Lipinski definition) is 2. The average Bonchev–Trinajstić information content (AvgIpc) is 2.53. The van der Waals surface area contributed by atoms with Crippen LogP contribution in [0.2, 0.25) is 0 Å². The molecule has 0 aliphatic heterocycles. The molecule has 0 atom stereocenters. The van der Waals surface area contributed by atoms with Crippen LogP contribution in [0.4, 0.5) is 0 Å². The average molecular weight is 256 g/mol. The standard InChI is InChI=1S/C18H12N2/c1-2-6-13(7-3-1)18-19-12-16-10-14-8-4-5-9-15(14)11-17(16)20-18/h1-12H. The molecular weight excluding hydrogens is 244 g/mol. The first-order valence-corrected chi connectivity index (χ1v) is 6.61. The number of aromatic nitrogens is 2. The molecule has 1 heterocycles. The second kappa shape index (κ2) is 4.42. The lowest BCUT2D eigenvalue weighted by Gasteiger charge is -2.04. The van der Waals surface area contributed by atoms with E-state index in [9.17, 15) is 0 Å². The van der Waals surface area contributed by atoms with E-state index in [2.05, 4.69) is 34.2 Å². The number of benzene rings is 3. The third kappa shape index (κ3) is 1.82. The van der Waals surface area contributed by atoms with E-state index in [1.165, 1.54) is 10.8 Å². The summed E-state index contributed by atoms with van der Waals surface area (Å²) in [6, 6.07) is 22.6. The van der Waals surface area contributed by atoms with Crippen LogP contribution < -0.4 is 0 Å². The molecule has 0 amide bonds. The molecule has 0 radical (unpaired) electrons. The molecule has 0 bridgehead atoms.